The van der Waals surface area contributed by atoms with Gasteiger partial charge in [-0.2, -0.15) is 5.10 Å². The summed E-state index contributed by atoms with van der Waals surface area (Å²) in [6, 6.07) is 15.5. The van der Waals surface area contributed by atoms with E-state index >= 15 is 0 Å². The van der Waals surface area contributed by atoms with Gasteiger partial charge in [0.25, 0.3) is 0 Å². The highest BCUT2D eigenvalue weighted by Gasteiger charge is 2.32. The summed E-state index contributed by atoms with van der Waals surface area (Å²) >= 11 is 1.22. The number of amides is 2. The number of carbonyl (C=O) groups excluding carboxylic acids is 2. The SMILES string of the molecule is CCc1ccccc1NC(=O)CC1S/C(=N/N=Cc2ccc(C)cc2)NC1=O. The second-order valence-electron chi connectivity index (χ2n) is 6.42. The van der Waals surface area contributed by atoms with Crippen molar-refractivity contribution >= 4 is 40.6 Å². The molecule has 2 amide bonds. The first-order valence-electron chi connectivity index (χ1n) is 9.08. The molecule has 1 aliphatic heterocycles. The molecule has 7 heteroatoms. The average molecular weight is 395 g/mol. The Morgan fingerprint density at radius 1 is 1.21 bits per heavy atom. The van der Waals surface area contributed by atoms with Gasteiger partial charge in [0.15, 0.2) is 5.17 Å². The van der Waals surface area contributed by atoms with Crippen molar-refractivity contribution in [2.24, 2.45) is 10.2 Å². The molecular formula is C21H22N4O2S. The third kappa shape index (κ3) is 5.29. The molecule has 1 atom stereocenters. The standard InChI is InChI=1S/C21H22N4O2S/c1-3-16-6-4-5-7-17(16)23-19(26)12-18-20(27)24-21(28-18)25-22-13-15-10-8-14(2)9-11-15/h4-11,13,18H,3,12H2,1-2H3,(H,23,26)(H,24,25,27). The first-order chi connectivity index (χ1) is 13.5. The van der Waals surface area contributed by atoms with Crippen LogP contribution in [-0.2, 0) is 16.0 Å². The number of rotatable bonds is 6. The Morgan fingerprint density at radius 2 is 1.96 bits per heavy atom. The van der Waals surface area contributed by atoms with E-state index in [0.29, 0.717) is 5.17 Å². The summed E-state index contributed by atoms with van der Waals surface area (Å²) < 4.78 is 0. The van der Waals surface area contributed by atoms with Crippen molar-refractivity contribution in [2.45, 2.75) is 31.9 Å². The maximum atomic E-state index is 12.3. The van der Waals surface area contributed by atoms with Crippen LogP contribution in [-0.4, -0.2) is 28.4 Å². The molecule has 1 saturated heterocycles. The van der Waals surface area contributed by atoms with Crippen molar-refractivity contribution < 1.29 is 9.59 Å². The van der Waals surface area contributed by atoms with Crippen molar-refractivity contribution in [3.63, 3.8) is 0 Å². The van der Waals surface area contributed by atoms with Crippen LogP contribution in [0.5, 0.6) is 0 Å². The monoisotopic (exact) mass is 394 g/mol. The van der Waals surface area contributed by atoms with E-state index in [1.807, 2.05) is 62.4 Å². The molecule has 6 nitrogen and oxygen atoms in total. The summed E-state index contributed by atoms with van der Waals surface area (Å²) in [7, 11) is 0. The molecule has 0 saturated carbocycles. The number of benzene rings is 2. The zero-order valence-corrected chi connectivity index (χ0v) is 16.6. The molecule has 28 heavy (non-hydrogen) atoms. The Balaban J connectivity index is 1.56. The van der Waals surface area contributed by atoms with Crippen LogP contribution in [0, 0.1) is 6.92 Å². The molecule has 3 rings (SSSR count). The summed E-state index contributed by atoms with van der Waals surface area (Å²) in [4.78, 5) is 24.5. The Morgan fingerprint density at radius 3 is 2.71 bits per heavy atom. The number of nitrogens with zero attached hydrogens (tertiary/aromatic N) is 2. The fourth-order valence-electron chi connectivity index (χ4n) is 2.71. The van der Waals surface area contributed by atoms with E-state index in [1.54, 1.807) is 6.21 Å². The van der Waals surface area contributed by atoms with Gasteiger partial charge in [0, 0.05) is 12.1 Å². The van der Waals surface area contributed by atoms with E-state index in [-0.39, 0.29) is 18.2 Å². The van der Waals surface area contributed by atoms with Gasteiger partial charge in [-0.1, -0.05) is 66.7 Å². The lowest BCUT2D eigenvalue weighted by molar-refractivity contribution is -0.122. The van der Waals surface area contributed by atoms with Crippen LogP contribution >= 0.6 is 11.8 Å². The Kier molecular flexibility index (Phi) is 6.60. The zero-order chi connectivity index (χ0) is 19.9. The van der Waals surface area contributed by atoms with Crippen LogP contribution in [0.15, 0.2) is 58.7 Å². The van der Waals surface area contributed by atoms with E-state index in [9.17, 15) is 9.59 Å². The highest BCUT2D eigenvalue weighted by molar-refractivity contribution is 8.15. The third-order valence-corrected chi connectivity index (χ3v) is 5.32. The summed E-state index contributed by atoms with van der Waals surface area (Å²) in [6.07, 6.45) is 2.53. The number of anilines is 1. The Hall–Kier alpha value is -2.93. The predicted octanol–water partition coefficient (Wildman–Crippen LogP) is 3.51. The molecule has 2 aromatic rings. The molecule has 2 aromatic carbocycles. The summed E-state index contributed by atoms with van der Waals surface area (Å²) in [6.45, 7) is 4.05. The van der Waals surface area contributed by atoms with Crippen LogP contribution in [0.25, 0.3) is 0 Å². The molecule has 0 aromatic heterocycles. The molecule has 0 bridgehead atoms. The molecule has 144 valence electrons. The van der Waals surface area contributed by atoms with Crippen molar-refractivity contribution in [3.8, 4) is 0 Å². The van der Waals surface area contributed by atoms with Gasteiger partial charge in [-0.15, -0.1) is 5.10 Å². The quantitative estimate of drug-likeness (QED) is 0.581. The maximum absolute atomic E-state index is 12.3. The first-order valence-corrected chi connectivity index (χ1v) is 9.96. The highest BCUT2D eigenvalue weighted by Crippen LogP contribution is 2.24. The van der Waals surface area contributed by atoms with Crippen LogP contribution in [0.2, 0.25) is 0 Å². The number of aryl methyl sites for hydroxylation is 2. The van der Waals surface area contributed by atoms with E-state index in [4.69, 9.17) is 0 Å². The van der Waals surface area contributed by atoms with E-state index in [0.717, 1.165) is 23.2 Å². The van der Waals surface area contributed by atoms with E-state index in [2.05, 4.69) is 20.8 Å². The minimum atomic E-state index is -0.512. The minimum Gasteiger partial charge on any atom is -0.326 e. The van der Waals surface area contributed by atoms with Crippen molar-refractivity contribution in [2.75, 3.05) is 5.32 Å². The van der Waals surface area contributed by atoms with Gasteiger partial charge in [-0.3, -0.25) is 9.59 Å². The van der Waals surface area contributed by atoms with Crippen LogP contribution < -0.4 is 10.6 Å². The van der Waals surface area contributed by atoms with E-state index in [1.165, 1.54) is 17.3 Å². The smallest absolute Gasteiger partial charge is 0.240 e. The van der Waals surface area contributed by atoms with E-state index < -0.39 is 5.25 Å². The molecule has 1 heterocycles. The van der Waals surface area contributed by atoms with Gasteiger partial charge in [-0.25, -0.2) is 0 Å². The molecule has 1 fully saturated rings. The third-order valence-electron chi connectivity index (χ3n) is 4.25. The predicted molar refractivity (Wildman–Crippen MR) is 115 cm³/mol. The fourth-order valence-corrected chi connectivity index (χ4v) is 3.63. The summed E-state index contributed by atoms with van der Waals surface area (Å²) in [5.41, 5.74) is 3.95. The van der Waals surface area contributed by atoms with Gasteiger partial charge >= 0.3 is 0 Å². The number of carbonyl (C=O) groups is 2. The lowest BCUT2D eigenvalue weighted by Crippen LogP contribution is -2.28. The van der Waals surface area contributed by atoms with Gasteiger partial charge < -0.3 is 10.6 Å². The maximum Gasteiger partial charge on any atom is 0.240 e. The molecule has 2 N–H and O–H groups in total. The first kappa shape index (κ1) is 19.8. The minimum absolute atomic E-state index is 0.0786. The molecule has 0 radical (unpaired) electrons. The van der Waals surface area contributed by atoms with Gasteiger partial charge in [0.1, 0.15) is 5.25 Å². The number of hydrogen-bond donors (Lipinski definition) is 2. The largest absolute Gasteiger partial charge is 0.326 e. The van der Waals surface area contributed by atoms with Crippen molar-refractivity contribution in [1.82, 2.24) is 5.32 Å². The number of thioether (sulfide) groups is 1. The summed E-state index contributed by atoms with van der Waals surface area (Å²) in [5, 5.41) is 13.5. The normalized spacial score (nSPS) is 17.9. The van der Waals surface area contributed by atoms with Gasteiger partial charge in [-0.05, 0) is 30.5 Å². The molecule has 0 aliphatic carbocycles. The Bertz CT molecular complexity index is 922. The van der Waals surface area contributed by atoms with Crippen LogP contribution in [0.3, 0.4) is 0 Å². The Labute approximate surface area is 168 Å². The van der Waals surface area contributed by atoms with Crippen LogP contribution in [0.1, 0.15) is 30.0 Å². The number of amidine groups is 1. The number of nitrogens with one attached hydrogen (secondary N) is 2. The average Bonchev–Trinajstić information content (AvgIpc) is 3.03. The second kappa shape index (κ2) is 9.32. The molecule has 1 aliphatic rings. The van der Waals surface area contributed by atoms with Gasteiger partial charge in [0.05, 0.1) is 6.21 Å². The fraction of sp³-hybridized carbons (Fsp3) is 0.238. The molecule has 1 unspecified atom stereocenters. The topological polar surface area (TPSA) is 82.9 Å². The van der Waals surface area contributed by atoms with Crippen LogP contribution in [0.4, 0.5) is 5.69 Å². The summed E-state index contributed by atoms with van der Waals surface area (Å²) in [5.74, 6) is -0.425. The second-order valence-corrected chi connectivity index (χ2v) is 7.61. The lowest BCUT2D eigenvalue weighted by Gasteiger charge is -2.10. The molecular weight excluding hydrogens is 372 g/mol. The molecule has 0 spiro atoms. The number of hydrogen-bond acceptors (Lipinski definition) is 5. The number of para-hydroxylation sites is 1. The van der Waals surface area contributed by atoms with Crippen molar-refractivity contribution in [1.29, 1.82) is 0 Å². The zero-order valence-electron chi connectivity index (χ0n) is 15.8. The van der Waals surface area contributed by atoms with Gasteiger partial charge in [0.2, 0.25) is 11.8 Å². The highest BCUT2D eigenvalue weighted by atomic mass is 32.2. The van der Waals surface area contributed by atoms with Crippen molar-refractivity contribution in [3.05, 3.63) is 65.2 Å². The lowest BCUT2D eigenvalue weighted by atomic mass is 10.1.